The van der Waals surface area contributed by atoms with Crippen molar-refractivity contribution in [3.63, 3.8) is 0 Å². The zero-order chi connectivity index (χ0) is 23.1. The standard InChI is InChI=1S/C25H28N4O2S/c1-7-30-31-29-23(32)18(22(26-6)27-29)10-8-9-17-15-19-21-20(16-17)25(4,5)12-14-28(21)13-11-24(19,2)3/h7,9-10,15-16,27H,1,11-14H2,2-5H3. The molecule has 0 amide bonds. The van der Waals surface area contributed by atoms with Gasteiger partial charge in [-0.05, 0) is 69.5 Å². The molecule has 0 fully saturated rings. The summed E-state index contributed by atoms with van der Waals surface area (Å²) in [7, 11) is 0. The smallest absolute Gasteiger partial charge is 0.260 e. The van der Waals surface area contributed by atoms with Gasteiger partial charge in [0.05, 0.1) is 0 Å². The number of H-pyrrole nitrogens is 1. The summed E-state index contributed by atoms with van der Waals surface area (Å²) >= 11 is 5.38. The van der Waals surface area contributed by atoms with Crippen LogP contribution in [0.4, 0.5) is 11.5 Å². The summed E-state index contributed by atoms with van der Waals surface area (Å²) in [4.78, 5) is 16.8. The number of benzene rings is 1. The molecule has 166 valence electrons. The highest BCUT2D eigenvalue weighted by molar-refractivity contribution is 7.71. The number of hydrogen-bond acceptors (Lipinski definition) is 4. The molecular weight excluding hydrogens is 420 g/mol. The van der Waals surface area contributed by atoms with Gasteiger partial charge in [0, 0.05) is 24.3 Å². The number of anilines is 1. The van der Waals surface area contributed by atoms with Gasteiger partial charge < -0.3 is 9.74 Å². The van der Waals surface area contributed by atoms with Crippen molar-refractivity contribution in [1.82, 2.24) is 9.94 Å². The molecular formula is C25H28N4O2S. The maximum atomic E-state index is 7.40. The van der Waals surface area contributed by atoms with Crippen LogP contribution in [0, 0.1) is 11.2 Å². The molecule has 4 rings (SSSR count). The van der Waals surface area contributed by atoms with Gasteiger partial charge >= 0.3 is 0 Å². The van der Waals surface area contributed by atoms with E-state index in [1.165, 1.54) is 16.8 Å². The lowest BCUT2D eigenvalue weighted by molar-refractivity contribution is -0.259. The van der Waals surface area contributed by atoms with Crippen LogP contribution >= 0.6 is 12.2 Å². The van der Waals surface area contributed by atoms with Gasteiger partial charge in [0.1, 0.15) is 6.26 Å². The van der Waals surface area contributed by atoms with E-state index in [1.807, 2.05) is 6.08 Å². The first kappa shape index (κ1) is 22.0. The van der Waals surface area contributed by atoms with Crippen molar-refractivity contribution in [3.8, 4) is 0 Å². The SMILES string of the molecule is [C-]#[N+]c1[nH]n(OOC=C)c(=S)c1C=C=Cc1cc2c3c(c1)C(C)(C)CCN3CCC2(C)C. The van der Waals surface area contributed by atoms with Gasteiger partial charge in [-0.2, -0.15) is 10.1 Å². The van der Waals surface area contributed by atoms with Crippen LogP contribution in [-0.2, 0) is 15.7 Å². The first-order chi connectivity index (χ1) is 15.2. The number of aromatic amines is 1. The number of nitrogens with one attached hydrogen (secondary N) is 1. The van der Waals surface area contributed by atoms with E-state index in [4.69, 9.17) is 28.7 Å². The van der Waals surface area contributed by atoms with Gasteiger partial charge in [0.25, 0.3) is 5.82 Å². The summed E-state index contributed by atoms with van der Waals surface area (Å²) in [6.45, 7) is 22.4. The van der Waals surface area contributed by atoms with E-state index in [2.05, 4.69) is 67.0 Å². The number of aromatic nitrogens is 2. The molecule has 0 saturated carbocycles. The molecule has 3 heterocycles. The van der Waals surface area contributed by atoms with E-state index in [-0.39, 0.29) is 21.3 Å². The molecule has 2 aliphatic heterocycles. The Bertz CT molecular complexity index is 1190. The average Bonchev–Trinajstić information content (AvgIpc) is 3.05. The minimum Gasteiger partial charge on any atom is -0.371 e. The average molecular weight is 449 g/mol. The predicted molar refractivity (Wildman–Crippen MR) is 130 cm³/mol. The van der Waals surface area contributed by atoms with Crippen LogP contribution in [-0.4, -0.2) is 23.0 Å². The highest BCUT2D eigenvalue weighted by atomic mass is 32.1. The molecule has 6 nitrogen and oxygen atoms in total. The summed E-state index contributed by atoms with van der Waals surface area (Å²) in [6, 6.07) is 4.58. The molecule has 2 aromatic rings. The van der Waals surface area contributed by atoms with Crippen LogP contribution in [0.25, 0.3) is 17.0 Å². The fraction of sp³-hybridized carbons (Fsp3) is 0.400. The van der Waals surface area contributed by atoms with Gasteiger partial charge in [-0.1, -0.05) is 53.1 Å². The lowest BCUT2D eigenvalue weighted by atomic mass is 9.69. The van der Waals surface area contributed by atoms with Gasteiger partial charge in [-0.3, -0.25) is 4.89 Å². The van der Waals surface area contributed by atoms with Gasteiger partial charge in [0.2, 0.25) is 0 Å². The molecule has 1 aromatic carbocycles. The Labute approximate surface area is 194 Å². The number of rotatable bonds is 5. The van der Waals surface area contributed by atoms with E-state index >= 15 is 0 Å². The maximum absolute atomic E-state index is 7.40. The van der Waals surface area contributed by atoms with Gasteiger partial charge in [-0.15, -0.1) is 5.73 Å². The summed E-state index contributed by atoms with van der Waals surface area (Å²) in [5.41, 5.74) is 9.33. The zero-order valence-electron chi connectivity index (χ0n) is 19.0. The molecule has 32 heavy (non-hydrogen) atoms. The normalized spacial score (nSPS) is 17.4. The van der Waals surface area contributed by atoms with E-state index in [0.717, 1.165) is 42.6 Å². The first-order valence-corrected chi connectivity index (χ1v) is 11.1. The fourth-order valence-corrected chi connectivity index (χ4v) is 4.76. The minimum absolute atomic E-state index is 0.126. The predicted octanol–water partition coefficient (Wildman–Crippen LogP) is 6.09. The third kappa shape index (κ3) is 3.77. The van der Waals surface area contributed by atoms with Crippen molar-refractivity contribution < 1.29 is 9.88 Å². The summed E-state index contributed by atoms with van der Waals surface area (Å²) < 4.78 is 0.289. The van der Waals surface area contributed by atoms with Crippen molar-refractivity contribution in [3.05, 3.63) is 69.0 Å². The molecule has 0 radical (unpaired) electrons. The molecule has 0 atom stereocenters. The number of nitrogens with zero attached hydrogens (tertiary/aromatic N) is 3. The maximum Gasteiger partial charge on any atom is 0.260 e. The summed E-state index contributed by atoms with van der Waals surface area (Å²) in [5.74, 6) is 0.252. The second kappa shape index (κ2) is 8.05. The fourth-order valence-electron chi connectivity index (χ4n) is 4.53. The van der Waals surface area contributed by atoms with E-state index in [1.54, 1.807) is 6.08 Å². The topological polar surface area (TPSA) is 46.8 Å². The molecule has 0 aliphatic carbocycles. The minimum atomic E-state index is 0.126. The first-order valence-electron chi connectivity index (χ1n) is 10.7. The Kier molecular flexibility index (Phi) is 5.54. The molecule has 2 aliphatic rings. The van der Waals surface area contributed by atoms with Crippen molar-refractivity contribution in [2.45, 2.75) is 51.4 Å². The van der Waals surface area contributed by atoms with Crippen LogP contribution in [0.1, 0.15) is 62.8 Å². The van der Waals surface area contributed by atoms with Crippen LogP contribution < -0.4 is 9.89 Å². The third-order valence-corrected chi connectivity index (χ3v) is 6.96. The summed E-state index contributed by atoms with van der Waals surface area (Å²) in [6.07, 6.45) is 7.08. The Balaban J connectivity index is 1.78. The Hall–Kier alpha value is -3.20. The van der Waals surface area contributed by atoms with E-state index < -0.39 is 0 Å². The van der Waals surface area contributed by atoms with Crippen LogP contribution in [0.15, 0.2) is 30.7 Å². The van der Waals surface area contributed by atoms with Crippen molar-refractivity contribution in [1.29, 1.82) is 0 Å². The Morgan fingerprint density at radius 1 is 1.16 bits per heavy atom. The molecule has 7 heteroatoms. The second-order valence-corrected chi connectivity index (χ2v) is 9.98. The highest BCUT2D eigenvalue weighted by Gasteiger charge is 2.39. The van der Waals surface area contributed by atoms with Gasteiger partial charge in [-0.25, -0.2) is 0 Å². The van der Waals surface area contributed by atoms with Crippen LogP contribution in [0.5, 0.6) is 0 Å². The molecule has 1 aromatic heterocycles. The van der Waals surface area contributed by atoms with Crippen molar-refractivity contribution in [2.24, 2.45) is 0 Å². The molecule has 0 saturated heterocycles. The second-order valence-electron chi connectivity index (χ2n) is 9.60. The molecule has 1 N–H and O–H groups in total. The zero-order valence-corrected chi connectivity index (χ0v) is 19.8. The Morgan fingerprint density at radius 2 is 1.78 bits per heavy atom. The van der Waals surface area contributed by atoms with Gasteiger partial charge in [0.15, 0.2) is 4.64 Å². The highest BCUT2D eigenvalue weighted by Crippen LogP contribution is 2.49. The van der Waals surface area contributed by atoms with Crippen molar-refractivity contribution >= 4 is 35.9 Å². The lowest BCUT2D eigenvalue weighted by Gasteiger charge is -2.48. The quantitative estimate of drug-likeness (QED) is 0.150. The Morgan fingerprint density at radius 3 is 2.34 bits per heavy atom. The van der Waals surface area contributed by atoms with E-state index in [9.17, 15) is 0 Å². The largest absolute Gasteiger partial charge is 0.371 e. The lowest BCUT2D eigenvalue weighted by Crippen LogP contribution is -2.44. The van der Waals surface area contributed by atoms with Crippen molar-refractivity contribution in [2.75, 3.05) is 18.0 Å². The third-order valence-electron chi connectivity index (χ3n) is 6.57. The monoisotopic (exact) mass is 448 g/mol. The molecule has 0 unspecified atom stereocenters. The molecule has 0 bridgehead atoms. The van der Waals surface area contributed by atoms with E-state index in [0.29, 0.717) is 5.56 Å². The molecule has 0 spiro atoms. The van der Waals surface area contributed by atoms with Crippen LogP contribution in [0.3, 0.4) is 0 Å². The van der Waals surface area contributed by atoms with Crippen LogP contribution in [0.2, 0.25) is 0 Å². The number of hydrogen-bond donors (Lipinski definition) is 1. The summed E-state index contributed by atoms with van der Waals surface area (Å²) in [5, 5.41) is 2.75.